The summed E-state index contributed by atoms with van der Waals surface area (Å²) < 4.78 is 5.06. The number of hydrazine groups is 1. The van der Waals surface area contributed by atoms with Crippen molar-refractivity contribution >= 4 is 5.91 Å². The van der Waals surface area contributed by atoms with Crippen molar-refractivity contribution in [3.63, 3.8) is 0 Å². The molecule has 0 rings (SSSR count). The summed E-state index contributed by atoms with van der Waals surface area (Å²) in [6.45, 7) is 7.97. The molecule has 0 aliphatic carbocycles. The molecular formula is C11H25N3O2. The number of hydrogen-bond donors (Lipinski definition) is 2. The maximum atomic E-state index is 11.0. The molecule has 0 radical (unpaired) electrons. The van der Waals surface area contributed by atoms with Crippen molar-refractivity contribution in [1.29, 1.82) is 0 Å². The van der Waals surface area contributed by atoms with Crippen LogP contribution in [0, 0.1) is 5.92 Å². The Balaban J connectivity index is 3.77. The lowest BCUT2D eigenvalue weighted by molar-refractivity contribution is -0.121. The quantitative estimate of drug-likeness (QED) is 0.341. The number of amides is 1. The van der Waals surface area contributed by atoms with Gasteiger partial charge in [-0.05, 0) is 18.9 Å². The molecule has 0 unspecified atom stereocenters. The molecule has 0 spiro atoms. The first kappa shape index (κ1) is 15.3. The van der Waals surface area contributed by atoms with Gasteiger partial charge in [0.25, 0.3) is 0 Å². The Morgan fingerprint density at radius 2 is 2.12 bits per heavy atom. The van der Waals surface area contributed by atoms with Crippen LogP contribution in [0.25, 0.3) is 0 Å². The maximum absolute atomic E-state index is 11.0. The zero-order valence-electron chi connectivity index (χ0n) is 10.7. The van der Waals surface area contributed by atoms with Crippen LogP contribution < -0.4 is 11.3 Å². The van der Waals surface area contributed by atoms with Gasteiger partial charge in [-0.25, -0.2) is 5.84 Å². The van der Waals surface area contributed by atoms with Crippen molar-refractivity contribution in [2.24, 2.45) is 11.8 Å². The SMILES string of the molecule is COCCN(CCCC(=O)NN)CC(C)C. The van der Waals surface area contributed by atoms with Crippen molar-refractivity contribution in [3.05, 3.63) is 0 Å². The fourth-order valence-corrected chi connectivity index (χ4v) is 1.57. The molecule has 96 valence electrons. The molecule has 0 aromatic heterocycles. The van der Waals surface area contributed by atoms with Crippen molar-refractivity contribution in [1.82, 2.24) is 10.3 Å². The Kier molecular flexibility index (Phi) is 9.18. The fraction of sp³-hybridized carbons (Fsp3) is 0.909. The summed E-state index contributed by atoms with van der Waals surface area (Å²) in [6, 6.07) is 0. The van der Waals surface area contributed by atoms with E-state index in [2.05, 4.69) is 24.2 Å². The molecule has 0 aromatic rings. The van der Waals surface area contributed by atoms with E-state index in [4.69, 9.17) is 10.6 Å². The summed E-state index contributed by atoms with van der Waals surface area (Å²) in [5.74, 6) is 5.54. The number of nitrogens with zero attached hydrogens (tertiary/aromatic N) is 1. The van der Waals surface area contributed by atoms with Gasteiger partial charge in [-0.15, -0.1) is 0 Å². The van der Waals surface area contributed by atoms with Gasteiger partial charge >= 0.3 is 0 Å². The lowest BCUT2D eigenvalue weighted by atomic mass is 10.2. The predicted octanol–water partition coefficient (Wildman–Crippen LogP) is 0.361. The third kappa shape index (κ3) is 8.64. The average molecular weight is 231 g/mol. The second-order valence-electron chi connectivity index (χ2n) is 4.36. The van der Waals surface area contributed by atoms with Gasteiger partial charge in [0.15, 0.2) is 0 Å². The highest BCUT2D eigenvalue weighted by molar-refractivity contribution is 5.75. The summed E-state index contributed by atoms with van der Waals surface area (Å²) >= 11 is 0. The number of hydrogen-bond acceptors (Lipinski definition) is 4. The molecule has 0 fully saturated rings. The van der Waals surface area contributed by atoms with Crippen LogP contribution in [0.3, 0.4) is 0 Å². The third-order valence-electron chi connectivity index (χ3n) is 2.27. The van der Waals surface area contributed by atoms with E-state index in [9.17, 15) is 4.79 Å². The molecule has 1 amide bonds. The van der Waals surface area contributed by atoms with E-state index in [1.54, 1.807) is 7.11 Å². The highest BCUT2D eigenvalue weighted by Gasteiger charge is 2.07. The molecule has 0 aliphatic heterocycles. The van der Waals surface area contributed by atoms with E-state index in [1.165, 1.54) is 0 Å². The van der Waals surface area contributed by atoms with E-state index in [1.807, 2.05) is 0 Å². The van der Waals surface area contributed by atoms with Crippen LogP contribution in [0.1, 0.15) is 26.7 Å². The van der Waals surface area contributed by atoms with Gasteiger partial charge in [0.1, 0.15) is 0 Å². The van der Waals surface area contributed by atoms with Gasteiger partial charge in [0, 0.05) is 26.6 Å². The summed E-state index contributed by atoms with van der Waals surface area (Å²) in [4.78, 5) is 13.3. The lowest BCUT2D eigenvalue weighted by Gasteiger charge is -2.23. The number of carbonyl (C=O) groups is 1. The van der Waals surface area contributed by atoms with Crippen LogP contribution in [0.4, 0.5) is 0 Å². The molecule has 0 aliphatic rings. The Morgan fingerprint density at radius 1 is 1.44 bits per heavy atom. The summed E-state index contributed by atoms with van der Waals surface area (Å²) in [6.07, 6.45) is 1.32. The van der Waals surface area contributed by atoms with E-state index in [0.717, 1.165) is 32.7 Å². The predicted molar refractivity (Wildman–Crippen MR) is 64.7 cm³/mol. The summed E-state index contributed by atoms with van der Waals surface area (Å²) in [7, 11) is 1.70. The molecule has 3 N–H and O–H groups in total. The number of nitrogens with one attached hydrogen (secondary N) is 1. The lowest BCUT2D eigenvalue weighted by Crippen LogP contribution is -2.34. The fourth-order valence-electron chi connectivity index (χ4n) is 1.57. The number of methoxy groups -OCH3 is 1. The van der Waals surface area contributed by atoms with Crippen molar-refractivity contribution in [3.8, 4) is 0 Å². The minimum absolute atomic E-state index is 0.101. The third-order valence-corrected chi connectivity index (χ3v) is 2.27. The first-order valence-corrected chi connectivity index (χ1v) is 5.80. The molecule has 5 nitrogen and oxygen atoms in total. The topological polar surface area (TPSA) is 67.6 Å². The molecule has 0 bridgehead atoms. The van der Waals surface area contributed by atoms with Gasteiger partial charge in [0.05, 0.1) is 6.61 Å². The zero-order chi connectivity index (χ0) is 12.4. The standard InChI is InChI=1S/C11H25N3O2/c1-10(2)9-14(7-8-16-3)6-4-5-11(15)13-12/h10H,4-9,12H2,1-3H3,(H,13,15). The van der Waals surface area contributed by atoms with E-state index in [-0.39, 0.29) is 5.91 Å². The van der Waals surface area contributed by atoms with E-state index >= 15 is 0 Å². The van der Waals surface area contributed by atoms with Crippen LogP contribution >= 0.6 is 0 Å². The molecule has 0 saturated heterocycles. The highest BCUT2D eigenvalue weighted by atomic mass is 16.5. The summed E-state index contributed by atoms with van der Waals surface area (Å²) in [5.41, 5.74) is 2.14. The number of ether oxygens (including phenoxy) is 1. The number of nitrogens with two attached hydrogens (primary N) is 1. The molecule has 0 atom stereocenters. The van der Waals surface area contributed by atoms with Gasteiger partial charge in [0.2, 0.25) is 5.91 Å². The largest absolute Gasteiger partial charge is 0.383 e. The van der Waals surface area contributed by atoms with E-state index < -0.39 is 0 Å². The molecule has 0 aromatic carbocycles. The molecule has 0 saturated carbocycles. The average Bonchev–Trinajstić information content (AvgIpc) is 2.24. The first-order chi connectivity index (χ1) is 7.60. The van der Waals surface area contributed by atoms with Crippen LogP contribution in [0.15, 0.2) is 0 Å². The minimum atomic E-state index is -0.101. The van der Waals surface area contributed by atoms with Gasteiger partial charge in [-0.3, -0.25) is 10.2 Å². The molecule has 16 heavy (non-hydrogen) atoms. The van der Waals surface area contributed by atoms with Crippen molar-refractivity contribution in [2.45, 2.75) is 26.7 Å². The highest BCUT2D eigenvalue weighted by Crippen LogP contribution is 2.01. The van der Waals surface area contributed by atoms with Gasteiger partial charge in [-0.2, -0.15) is 0 Å². The van der Waals surface area contributed by atoms with E-state index in [0.29, 0.717) is 12.3 Å². The first-order valence-electron chi connectivity index (χ1n) is 5.80. The van der Waals surface area contributed by atoms with Crippen LogP contribution in [-0.4, -0.2) is 44.2 Å². The van der Waals surface area contributed by atoms with Gasteiger partial charge < -0.3 is 9.64 Å². The summed E-state index contributed by atoms with van der Waals surface area (Å²) in [5, 5.41) is 0. The smallest absolute Gasteiger partial charge is 0.233 e. The molecular weight excluding hydrogens is 206 g/mol. The second-order valence-corrected chi connectivity index (χ2v) is 4.36. The Bertz CT molecular complexity index is 186. The van der Waals surface area contributed by atoms with Crippen LogP contribution in [-0.2, 0) is 9.53 Å². The minimum Gasteiger partial charge on any atom is -0.383 e. The number of carbonyl (C=O) groups excluding carboxylic acids is 1. The second kappa shape index (κ2) is 9.57. The Labute approximate surface area is 98.3 Å². The van der Waals surface area contributed by atoms with Crippen molar-refractivity contribution in [2.75, 3.05) is 33.4 Å². The van der Waals surface area contributed by atoms with Crippen molar-refractivity contribution < 1.29 is 9.53 Å². The zero-order valence-corrected chi connectivity index (χ0v) is 10.7. The van der Waals surface area contributed by atoms with Crippen LogP contribution in [0.5, 0.6) is 0 Å². The monoisotopic (exact) mass is 231 g/mol. The molecule has 0 heterocycles. The molecule has 5 heteroatoms. The van der Waals surface area contributed by atoms with Crippen LogP contribution in [0.2, 0.25) is 0 Å². The Hall–Kier alpha value is -0.650. The van der Waals surface area contributed by atoms with Gasteiger partial charge in [-0.1, -0.05) is 13.8 Å². The number of rotatable bonds is 9. The maximum Gasteiger partial charge on any atom is 0.233 e. The Morgan fingerprint density at radius 3 is 2.62 bits per heavy atom. The normalized spacial score (nSPS) is 11.1.